The minimum absolute atomic E-state index is 0.120. The standard InChI is InChI=1S/C21H20FN7O/c22-15-5-1-2-6-16(15)30-17-8-7-13(10-25-17)19-18-20(23)26-12-27-21(18)29(28-19)14-4-3-9-24-11-14/h1-2,5-8,10,12,14,24H,3-4,9,11H2,(H2,23,26,27). The minimum atomic E-state index is -0.445. The Balaban J connectivity index is 1.52. The molecule has 4 aromatic rings. The van der Waals surface area contributed by atoms with Crippen LogP contribution in [0.25, 0.3) is 22.3 Å². The van der Waals surface area contributed by atoms with E-state index in [1.54, 1.807) is 30.5 Å². The average molecular weight is 405 g/mol. The fraction of sp³-hybridized carbons (Fsp3) is 0.238. The highest BCUT2D eigenvalue weighted by atomic mass is 19.1. The van der Waals surface area contributed by atoms with Crippen LogP contribution >= 0.6 is 0 Å². The van der Waals surface area contributed by atoms with Gasteiger partial charge in [-0.1, -0.05) is 12.1 Å². The van der Waals surface area contributed by atoms with Crippen molar-refractivity contribution in [1.82, 2.24) is 30.0 Å². The van der Waals surface area contributed by atoms with Gasteiger partial charge in [-0.2, -0.15) is 5.10 Å². The number of aromatic nitrogens is 5. The molecular weight excluding hydrogens is 385 g/mol. The number of nitrogens with two attached hydrogens (primary N) is 1. The summed E-state index contributed by atoms with van der Waals surface area (Å²) in [5.74, 6) is 0.332. The zero-order chi connectivity index (χ0) is 20.5. The van der Waals surface area contributed by atoms with Crippen LogP contribution in [-0.2, 0) is 0 Å². The fourth-order valence-corrected chi connectivity index (χ4v) is 3.72. The number of pyridine rings is 1. The van der Waals surface area contributed by atoms with Crippen molar-refractivity contribution in [3.8, 4) is 22.9 Å². The van der Waals surface area contributed by atoms with Crippen LogP contribution in [0.15, 0.2) is 48.9 Å². The number of nitrogen functional groups attached to an aromatic ring is 1. The van der Waals surface area contributed by atoms with Gasteiger partial charge in [0.15, 0.2) is 17.2 Å². The maximum Gasteiger partial charge on any atom is 0.219 e. The molecule has 5 rings (SSSR count). The van der Waals surface area contributed by atoms with Crippen molar-refractivity contribution in [2.75, 3.05) is 18.8 Å². The Morgan fingerprint density at radius 2 is 2.03 bits per heavy atom. The number of hydrogen-bond acceptors (Lipinski definition) is 7. The number of fused-ring (bicyclic) bond motifs is 1. The number of rotatable bonds is 4. The van der Waals surface area contributed by atoms with E-state index in [1.165, 1.54) is 12.4 Å². The number of piperidine rings is 1. The fourth-order valence-electron chi connectivity index (χ4n) is 3.72. The predicted octanol–water partition coefficient (Wildman–Crippen LogP) is 3.33. The summed E-state index contributed by atoms with van der Waals surface area (Å²) < 4.78 is 21.3. The van der Waals surface area contributed by atoms with E-state index in [9.17, 15) is 4.39 Å². The SMILES string of the molecule is Nc1ncnc2c1c(-c1ccc(Oc3ccccc3F)nc1)nn2C1CCCNC1. The van der Waals surface area contributed by atoms with Crippen molar-refractivity contribution in [1.29, 1.82) is 0 Å². The predicted molar refractivity (Wildman–Crippen MR) is 111 cm³/mol. The highest BCUT2D eigenvalue weighted by molar-refractivity contribution is 5.98. The van der Waals surface area contributed by atoms with Crippen LogP contribution in [0.5, 0.6) is 11.6 Å². The summed E-state index contributed by atoms with van der Waals surface area (Å²) in [5, 5.41) is 8.93. The zero-order valence-corrected chi connectivity index (χ0v) is 16.1. The van der Waals surface area contributed by atoms with Gasteiger partial charge in [0.25, 0.3) is 0 Å². The highest BCUT2D eigenvalue weighted by Gasteiger charge is 2.23. The second-order valence-electron chi connectivity index (χ2n) is 7.17. The second kappa shape index (κ2) is 7.68. The first-order valence-corrected chi connectivity index (χ1v) is 9.79. The lowest BCUT2D eigenvalue weighted by Gasteiger charge is -2.23. The molecule has 3 aromatic heterocycles. The maximum atomic E-state index is 13.8. The summed E-state index contributed by atoms with van der Waals surface area (Å²) in [6, 6.07) is 9.89. The number of para-hydroxylation sites is 1. The largest absolute Gasteiger partial charge is 0.436 e. The number of nitrogens with zero attached hydrogens (tertiary/aromatic N) is 5. The Labute approximate surface area is 171 Å². The van der Waals surface area contributed by atoms with Crippen molar-refractivity contribution >= 4 is 16.9 Å². The molecule has 4 heterocycles. The third kappa shape index (κ3) is 3.33. The third-order valence-corrected chi connectivity index (χ3v) is 5.20. The first kappa shape index (κ1) is 18.4. The van der Waals surface area contributed by atoms with Gasteiger partial charge >= 0.3 is 0 Å². The summed E-state index contributed by atoms with van der Waals surface area (Å²) in [6.45, 7) is 1.83. The molecule has 0 saturated carbocycles. The zero-order valence-electron chi connectivity index (χ0n) is 16.1. The monoisotopic (exact) mass is 405 g/mol. The molecule has 9 heteroatoms. The smallest absolute Gasteiger partial charge is 0.219 e. The molecule has 1 atom stereocenters. The van der Waals surface area contributed by atoms with E-state index in [0.717, 1.165) is 31.5 Å². The lowest BCUT2D eigenvalue weighted by Crippen LogP contribution is -2.32. The topological polar surface area (TPSA) is 104 Å². The summed E-state index contributed by atoms with van der Waals surface area (Å²) >= 11 is 0. The maximum absolute atomic E-state index is 13.8. The highest BCUT2D eigenvalue weighted by Crippen LogP contribution is 2.33. The molecule has 30 heavy (non-hydrogen) atoms. The van der Waals surface area contributed by atoms with E-state index in [2.05, 4.69) is 20.3 Å². The Kier molecular flexibility index (Phi) is 4.72. The third-order valence-electron chi connectivity index (χ3n) is 5.20. The molecule has 0 radical (unpaired) electrons. The van der Waals surface area contributed by atoms with E-state index in [1.807, 2.05) is 10.7 Å². The van der Waals surface area contributed by atoms with E-state index >= 15 is 0 Å². The van der Waals surface area contributed by atoms with Gasteiger partial charge < -0.3 is 15.8 Å². The Morgan fingerprint density at radius 1 is 1.13 bits per heavy atom. The van der Waals surface area contributed by atoms with Gasteiger partial charge in [-0.25, -0.2) is 24.0 Å². The second-order valence-corrected chi connectivity index (χ2v) is 7.17. The lowest BCUT2D eigenvalue weighted by atomic mass is 10.1. The molecule has 0 bridgehead atoms. The molecule has 1 aromatic carbocycles. The lowest BCUT2D eigenvalue weighted by molar-refractivity contribution is 0.354. The number of ether oxygens (including phenoxy) is 1. The molecule has 3 N–H and O–H groups in total. The molecule has 8 nitrogen and oxygen atoms in total. The van der Waals surface area contributed by atoms with Crippen molar-refractivity contribution in [3.05, 3.63) is 54.7 Å². The normalized spacial score (nSPS) is 16.6. The van der Waals surface area contributed by atoms with E-state index in [-0.39, 0.29) is 17.7 Å². The van der Waals surface area contributed by atoms with E-state index < -0.39 is 5.82 Å². The van der Waals surface area contributed by atoms with E-state index in [4.69, 9.17) is 15.6 Å². The molecular formula is C21H20FN7O. The minimum Gasteiger partial charge on any atom is -0.436 e. The first-order chi connectivity index (χ1) is 14.7. The number of anilines is 1. The Morgan fingerprint density at radius 3 is 2.80 bits per heavy atom. The molecule has 1 saturated heterocycles. The molecule has 1 fully saturated rings. The number of halogens is 1. The van der Waals surface area contributed by atoms with Crippen LogP contribution in [0.2, 0.25) is 0 Å². The van der Waals surface area contributed by atoms with Gasteiger partial charge in [-0.05, 0) is 37.6 Å². The van der Waals surface area contributed by atoms with Crippen LogP contribution in [0, 0.1) is 5.82 Å². The summed E-state index contributed by atoms with van der Waals surface area (Å²) in [5.41, 5.74) is 8.31. The van der Waals surface area contributed by atoms with Gasteiger partial charge in [0, 0.05) is 24.4 Å². The number of nitrogens with one attached hydrogen (secondary N) is 1. The molecule has 0 spiro atoms. The van der Waals surface area contributed by atoms with Gasteiger partial charge in [-0.15, -0.1) is 0 Å². The van der Waals surface area contributed by atoms with Gasteiger partial charge in [0.2, 0.25) is 5.88 Å². The molecule has 0 aliphatic carbocycles. The van der Waals surface area contributed by atoms with Crippen molar-refractivity contribution in [2.24, 2.45) is 0 Å². The van der Waals surface area contributed by atoms with Gasteiger partial charge in [0.05, 0.1) is 11.4 Å². The molecule has 0 amide bonds. The van der Waals surface area contributed by atoms with Crippen molar-refractivity contribution < 1.29 is 9.13 Å². The summed E-state index contributed by atoms with van der Waals surface area (Å²) in [4.78, 5) is 12.9. The van der Waals surface area contributed by atoms with Crippen LogP contribution in [0.4, 0.5) is 10.2 Å². The van der Waals surface area contributed by atoms with Crippen molar-refractivity contribution in [2.45, 2.75) is 18.9 Å². The molecule has 1 aliphatic rings. The van der Waals surface area contributed by atoms with Crippen LogP contribution in [-0.4, -0.2) is 37.8 Å². The first-order valence-electron chi connectivity index (χ1n) is 9.79. The quantitative estimate of drug-likeness (QED) is 0.537. The number of benzene rings is 1. The van der Waals surface area contributed by atoms with Gasteiger partial charge in [0.1, 0.15) is 17.8 Å². The van der Waals surface area contributed by atoms with Crippen LogP contribution in [0.1, 0.15) is 18.9 Å². The Bertz CT molecular complexity index is 1190. The summed E-state index contributed by atoms with van der Waals surface area (Å²) in [7, 11) is 0. The molecule has 152 valence electrons. The Hall–Kier alpha value is -3.59. The van der Waals surface area contributed by atoms with Crippen molar-refractivity contribution in [3.63, 3.8) is 0 Å². The van der Waals surface area contributed by atoms with Crippen LogP contribution < -0.4 is 15.8 Å². The average Bonchev–Trinajstić information content (AvgIpc) is 3.18. The van der Waals surface area contributed by atoms with E-state index in [0.29, 0.717) is 22.5 Å². The molecule has 1 unspecified atom stereocenters. The number of hydrogen-bond donors (Lipinski definition) is 2. The van der Waals surface area contributed by atoms with Gasteiger partial charge in [-0.3, -0.25) is 0 Å². The molecule has 1 aliphatic heterocycles. The van der Waals surface area contributed by atoms with Crippen LogP contribution in [0.3, 0.4) is 0 Å². The summed E-state index contributed by atoms with van der Waals surface area (Å²) in [6.07, 6.45) is 5.18.